The second kappa shape index (κ2) is 15.8. The molecule has 6 heteroatoms. The molecule has 0 atom stereocenters. The lowest BCUT2D eigenvalue weighted by Gasteiger charge is -2.25. The topological polar surface area (TPSA) is 100 Å². The van der Waals surface area contributed by atoms with E-state index in [2.05, 4.69) is 16.9 Å². The lowest BCUT2D eigenvalue weighted by Crippen LogP contribution is -2.39. The fraction of sp³-hybridized carbons (Fsp3) is 0.750. The van der Waals surface area contributed by atoms with E-state index in [-0.39, 0.29) is 12.8 Å². The first-order chi connectivity index (χ1) is 14.5. The number of aliphatic carboxylic acids is 2. The van der Waals surface area contributed by atoms with Crippen molar-refractivity contribution in [1.29, 1.82) is 0 Å². The van der Waals surface area contributed by atoms with Crippen molar-refractivity contribution in [2.75, 3.05) is 0 Å². The zero-order valence-electron chi connectivity index (χ0n) is 18.7. The van der Waals surface area contributed by atoms with E-state index < -0.39 is 17.4 Å². The molecule has 1 aromatic rings. The Hall–Kier alpha value is -1.98. The average molecular weight is 421 g/mol. The highest BCUT2D eigenvalue weighted by Crippen LogP contribution is 2.33. The third-order valence-electron chi connectivity index (χ3n) is 5.96. The minimum absolute atomic E-state index is 0.193. The third kappa shape index (κ3) is 10.2. The summed E-state index contributed by atoms with van der Waals surface area (Å²) >= 11 is 0. The van der Waals surface area contributed by atoms with E-state index in [1.807, 2.05) is 6.07 Å². The van der Waals surface area contributed by atoms with Gasteiger partial charge in [0.2, 0.25) is 0 Å². The average Bonchev–Trinajstić information content (AvgIpc) is 2.73. The molecule has 1 rings (SSSR count). The molecule has 170 valence electrons. The molecule has 0 radical (unpaired) electrons. The maximum absolute atomic E-state index is 11.8. The predicted molar refractivity (Wildman–Crippen MR) is 118 cm³/mol. The van der Waals surface area contributed by atoms with Crippen molar-refractivity contribution in [2.24, 2.45) is 5.41 Å². The van der Waals surface area contributed by atoms with Crippen LogP contribution < -0.4 is 0 Å². The molecule has 0 fully saturated rings. The highest BCUT2D eigenvalue weighted by Gasteiger charge is 2.45. The summed E-state index contributed by atoms with van der Waals surface area (Å²) in [7, 11) is 0. The summed E-state index contributed by atoms with van der Waals surface area (Å²) in [4.78, 5) is 31.7. The Kier molecular flexibility index (Phi) is 13.7. The Bertz CT molecular complexity index is 578. The monoisotopic (exact) mass is 420 g/mol. The van der Waals surface area contributed by atoms with Gasteiger partial charge >= 0.3 is 11.9 Å². The Morgan fingerprint density at radius 2 is 1.30 bits per heavy atom. The molecule has 0 aliphatic rings. The van der Waals surface area contributed by atoms with Crippen LogP contribution in [-0.4, -0.2) is 32.1 Å². The first-order valence-electron chi connectivity index (χ1n) is 11.7. The molecule has 0 amide bonds. The summed E-state index contributed by atoms with van der Waals surface area (Å²) in [5, 5.41) is 19.3. The van der Waals surface area contributed by atoms with E-state index in [1.54, 1.807) is 6.20 Å². The van der Waals surface area contributed by atoms with Crippen molar-refractivity contribution in [3.05, 3.63) is 24.3 Å². The lowest BCUT2D eigenvalue weighted by atomic mass is 9.78. The van der Waals surface area contributed by atoms with Gasteiger partial charge < -0.3 is 10.2 Å². The smallest absolute Gasteiger partial charge is 0.321 e. The molecule has 0 bridgehead atoms. The predicted octanol–water partition coefficient (Wildman–Crippen LogP) is 6.05. The summed E-state index contributed by atoms with van der Waals surface area (Å²) in [6.07, 6.45) is 18.2. The first-order valence-corrected chi connectivity index (χ1v) is 11.7. The van der Waals surface area contributed by atoms with Gasteiger partial charge in [-0.15, -0.1) is 0 Å². The maximum atomic E-state index is 11.8. The number of hydrogen-bond acceptors (Lipinski definition) is 4. The molecule has 2 N–H and O–H groups in total. The second-order valence-corrected chi connectivity index (χ2v) is 8.39. The van der Waals surface area contributed by atoms with Crippen LogP contribution in [-0.2, 0) is 16.0 Å². The summed E-state index contributed by atoms with van der Waals surface area (Å²) in [5.41, 5.74) is -0.687. The van der Waals surface area contributed by atoms with Gasteiger partial charge in [0.05, 0.1) is 0 Å². The fourth-order valence-corrected chi connectivity index (χ4v) is 3.93. The maximum Gasteiger partial charge on any atom is 0.321 e. The molecule has 0 aromatic carbocycles. The van der Waals surface area contributed by atoms with E-state index >= 15 is 0 Å². The van der Waals surface area contributed by atoms with Gasteiger partial charge in [-0.05, 0) is 31.7 Å². The van der Waals surface area contributed by atoms with Crippen LogP contribution in [0.1, 0.15) is 109 Å². The number of hydrogen-bond donors (Lipinski definition) is 2. The van der Waals surface area contributed by atoms with Crippen LogP contribution in [0.4, 0.5) is 0 Å². The first kappa shape index (κ1) is 26.1. The summed E-state index contributed by atoms with van der Waals surface area (Å²) in [5.74, 6) is -2.39. The Morgan fingerprint density at radius 3 is 1.77 bits per heavy atom. The summed E-state index contributed by atoms with van der Waals surface area (Å²) in [6.45, 7) is 2.22. The van der Waals surface area contributed by atoms with Crippen LogP contribution in [0.25, 0.3) is 0 Å². The summed E-state index contributed by atoms with van der Waals surface area (Å²) in [6, 6.07) is 1.87. The van der Waals surface area contributed by atoms with E-state index in [4.69, 9.17) is 0 Å². The van der Waals surface area contributed by atoms with Gasteiger partial charge in [0.15, 0.2) is 5.41 Å². The van der Waals surface area contributed by atoms with Gasteiger partial charge in [0, 0.05) is 11.9 Å². The molecular formula is C24H40N2O4. The quantitative estimate of drug-likeness (QED) is 0.209. The number of carboxylic acid groups (broad SMARTS) is 2. The van der Waals surface area contributed by atoms with E-state index in [1.165, 1.54) is 44.9 Å². The largest absolute Gasteiger partial charge is 0.480 e. The highest BCUT2D eigenvalue weighted by molar-refractivity contribution is 5.98. The van der Waals surface area contributed by atoms with Crippen LogP contribution in [0.2, 0.25) is 0 Å². The molecule has 0 saturated carbocycles. The van der Waals surface area contributed by atoms with Crippen LogP contribution in [0.15, 0.2) is 18.6 Å². The van der Waals surface area contributed by atoms with Crippen molar-refractivity contribution in [2.45, 2.75) is 110 Å². The van der Waals surface area contributed by atoms with Crippen molar-refractivity contribution in [3.8, 4) is 0 Å². The number of carboxylic acids is 2. The fourth-order valence-electron chi connectivity index (χ4n) is 3.93. The van der Waals surface area contributed by atoms with E-state index in [9.17, 15) is 19.8 Å². The number of aromatic nitrogens is 2. The van der Waals surface area contributed by atoms with Crippen LogP contribution in [0, 0.1) is 5.41 Å². The van der Waals surface area contributed by atoms with Gasteiger partial charge in [-0.25, -0.2) is 9.97 Å². The molecule has 0 spiro atoms. The van der Waals surface area contributed by atoms with Crippen LogP contribution >= 0.6 is 0 Å². The lowest BCUT2D eigenvalue weighted by molar-refractivity contribution is -0.166. The van der Waals surface area contributed by atoms with Crippen molar-refractivity contribution < 1.29 is 19.8 Å². The zero-order valence-corrected chi connectivity index (χ0v) is 18.7. The van der Waals surface area contributed by atoms with Gasteiger partial charge in [0.1, 0.15) is 6.33 Å². The Morgan fingerprint density at radius 1 is 0.800 bits per heavy atom. The van der Waals surface area contributed by atoms with Gasteiger partial charge in [0.25, 0.3) is 0 Å². The molecule has 0 saturated heterocycles. The highest BCUT2D eigenvalue weighted by atomic mass is 16.4. The molecule has 0 aliphatic heterocycles. The van der Waals surface area contributed by atoms with Crippen molar-refractivity contribution in [3.63, 3.8) is 0 Å². The number of unbranched alkanes of at least 4 members (excludes halogenated alkanes) is 11. The number of nitrogens with zero attached hydrogens (tertiary/aromatic N) is 2. The molecule has 1 heterocycles. The van der Waals surface area contributed by atoms with Crippen molar-refractivity contribution in [1.82, 2.24) is 9.97 Å². The molecule has 0 aliphatic carbocycles. The van der Waals surface area contributed by atoms with E-state index in [0.29, 0.717) is 12.8 Å². The Labute approximate surface area is 181 Å². The molecule has 30 heavy (non-hydrogen) atoms. The van der Waals surface area contributed by atoms with E-state index in [0.717, 1.165) is 44.2 Å². The standard InChI is InChI=1S/C24H40N2O4/c1-2-3-4-5-6-7-8-9-10-13-17-24(22(27)28,23(29)30)18-14-11-12-15-21-16-19-25-20-26-21/h16,19-20H,2-15,17-18H2,1H3,(H,27,28)(H,29,30). The number of aryl methyl sites for hydroxylation is 1. The number of rotatable bonds is 19. The van der Waals surface area contributed by atoms with Crippen molar-refractivity contribution >= 4 is 11.9 Å². The minimum Gasteiger partial charge on any atom is -0.480 e. The Balaban J connectivity index is 2.28. The molecule has 6 nitrogen and oxygen atoms in total. The SMILES string of the molecule is CCCCCCCCCCCCC(CCCCCc1ccncn1)(C(=O)O)C(=O)O. The summed E-state index contributed by atoms with van der Waals surface area (Å²) < 4.78 is 0. The molecular weight excluding hydrogens is 380 g/mol. The van der Waals surface area contributed by atoms with Crippen LogP contribution in [0.5, 0.6) is 0 Å². The molecule has 0 unspecified atom stereocenters. The third-order valence-corrected chi connectivity index (χ3v) is 5.96. The van der Waals surface area contributed by atoms with Gasteiger partial charge in [-0.1, -0.05) is 84.0 Å². The van der Waals surface area contributed by atoms with Gasteiger partial charge in [-0.2, -0.15) is 0 Å². The van der Waals surface area contributed by atoms with Gasteiger partial charge in [-0.3, -0.25) is 9.59 Å². The normalized spacial score (nSPS) is 11.5. The van der Waals surface area contributed by atoms with Crippen LogP contribution in [0.3, 0.4) is 0 Å². The number of carbonyl (C=O) groups is 2. The molecule has 1 aromatic heterocycles. The second-order valence-electron chi connectivity index (χ2n) is 8.39. The zero-order chi connectivity index (χ0) is 22.1. The minimum atomic E-state index is -1.64.